The molecule has 0 saturated heterocycles. The fraction of sp³-hybridized carbons (Fsp3) is 0.417. The lowest BCUT2D eigenvalue weighted by molar-refractivity contribution is -0.140. The quantitative estimate of drug-likeness (QED) is 0.154. The maximum Gasteiger partial charge on any atom is 0.524 e. The Morgan fingerprint density at radius 3 is 2.39 bits per heavy atom. The molecule has 0 fully saturated rings. The third-order valence-corrected chi connectivity index (χ3v) is 5.70. The Morgan fingerprint density at radius 2 is 1.85 bits per heavy atom. The molecule has 0 radical (unpaired) electrons. The van der Waals surface area contributed by atoms with Crippen molar-refractivity contribution in [3.05, 3.63) is 71.1 Å². The zero-order chi connectivity index (χ0) is 25.4. The molecule has 0 aromatic carbocycles. The van der Waals surface area contributed by atoms with E-state index < -0.39 is 31.5 Å². The van der Waals surface area contributed by atoms with Crippen LogP contribution in [-0.4, -0.2) is 32.8 Å². The van der Waals surface area contributed by atoms with Gasteiger partial charge in [0.05, 0.1) is 0 Å². The van der Waals surface area contributed by atoms with Gasteiger partial charge >= 0.3 is 13.8 Å². The van der Waals surface area contributed by atoms with Gasteiger partial charge in [0.25, 0.3) is 0 Å². The van der Waals surface area contributed by atoms with Crippen molar-refractivity contribution in [2.75, 3.05) is 0 Å². The predicted octanol–water partition coefficient (Wildman–Crippen LogP) is 4.71. The van der Waals surface area contributed by atoms with Gasteiger partial charge in [-0.3, -0.25) is 14.6 Å². The van der Waals surface area contributed by atoms with Gasteiger partial charge in [0, 0.05) is 6.08 Å². The lowest BCUT2D eigenvalue weighted by atomic mass is 9.72. The predicted molar refractivity (Wildman–Crippen MR) is 128 cm³/mol. The Kier molecular flexibility index (Phi) is 10.3. The van der Waals surface area contributed by atoms with Crippen LogP contribution in [0.3, 0.4) is 0 Å². The number of hydrogen-bond acceptors (Lipinski definition) is 4. The molecule has 1 aliphatic rings. The summed E-state index contributed by atoms with van der Waals surface area (Å²) in [4.78, 5) is 40.9. The van der Waals surface area contributed by atoms with Crippen LogP contribution in [0.15, 0.2) is 71.1 Å². The van der Waals surface area contributed by atoms with E-state index in [-0.39, 0.29) is 5.41 Å². The zero-order valence-corrected chi connectivity index (χ0v) is 20.7. The SMILES string of the molecule is C=C(OP(=O)(O)O)C(NC(=O)/C=C(C)/C=C/C=C(C)/C=C/C1=C(C)CCCC1(C)C)C(=O)O. The van der Waals surface area contributed by atoms with Crippen molar-refractivity contribution in [1.29, 1.82) is 0 Å². The molecule has 0 saturated carbocycles. The van der Waals surface area contributed by atoms with E-state index in [1.807, 2.05) is 13.0 Å². The number of amides is 1. The van der Waals surface area contributed by atoms with Crippen LogP contribution in [0, 0.1) is 5.41 Å². The van der Waals surface area contributed by atoms with Crippen molar-refractivity contribution in [3.63, 3.8) is 0 Å². The van der Waals surface area contributed by atoms with Crippen LogP contribution in [0.2, 0.25) is 0 Å². The molecule has 0 heterocycles. The van der Waals surface area contributed by atoms with Crippen LogP contribution in [0.4, 0.5) is 0 Å². The third kappa shape index (κ3) is 10.2. The summed E-state index contributed by atoms with van der Waals surface area (Å²) in [5.41, 5.74) is 4.52. The average Bonchev–Trinajstić information content (AvgIpc) is 2.63. The van der Waals surface area contributed by atoms with E-state index in [0.29, 0.717) is 5.57 Å². The molecule has 1 aliphatic carbocycles. The van der Waals surface area contributed by atoms with Crippen LogP contribution >= 0.6 is 7.82 Å². The van der Waals surface area contributed by atoms with Gasteiger partial charge in [0.2, 0.25) is 5.91 Å². The minimum atomic E-state index is -4.99. The van der Waals surface area contributed by atoms with E-state index in [0.717, 1.165) is 18.1 Å². The first kappa shape index (κ1) is 28.4. The maximum atomic E-state index is 12.1. The number of rotatable bonds is 10. The highest BCUT2D eigenvalue weighted by Crippen LogP contribution is 2.41. The second kappa shape index (κ2) is 12.0. The van der Waals surface area contributed by atoms with Gasteiger partial charge in [-0.15, -0.1) is 0 Å². The van der Waals surface area contributed by atoms with Crippen molar-refractivity contribution < 1.29 is 33.6 Å². The van der Waals surface area contributed by atoms with Crippen molar-refractivity contribution in [2.45, 2.75) is 59.9 Å². The van der Waals surface area contributed by atoms with Crippen molar-refractivity contribution in [2.24, 2.45) is 5.41 Å². The van der Waals surface area contributed by atoms with Crippen LogP contribution in [0.25, 0.3) is 0 Å². The summed E-state index contributed by atoms with van der Waals surface area (Å²) in [5, 5.41) is 11.2. The highest BCUT2D eigenvalue weighted by atomic mass is 31.2. The normalized spacial score (nSPS) is 18.5. The van der Waals surface area contributed by atoms with Gasteiger partial charge in [0.1, 0.15) is 5.76 Å². The van der Waals surface area contributed by atoms with Crippen LogP contribution < -0.4 is 5.32 Å². The lowest BCUT2D eigenvalue weighted by Crippen LogP contribution is -2.41. The molecule has 33 heavy (non-hydrogen) atoms. The summed E-state index contributed by atoms with van der Waals surface area (Å²) in [6, 6.07) is -1.81. The molecule has 0 aromatic rings. The van der Waals surface area contributed by atoms with E-state index in [1.54, 1.807) is 19.1 Å². The third-order valence-electron chi connectivity index (χ3n) is 5.22. The van der Waals surface area contributed by atoms with Crippen LogP contribution in [-0.2, 0) is 18.7 Å². The van der Waals surface area contributed by atoms with Crippen LogP contribution in [0.5, 0.6) is 0 Å². The Hall–Kier alpha value is -2.67. The van der Waals surface area contributed by atoms with E-state index in [4.69, 9.17) is 14.9 Å². The zero-order valence-electron chi connectivity index (χ0n) is 19.8. The van der Waals surface area contributed by atoms with E-state index in [1.165, 1.54) is 24.0 Å². The Labute approximate surface area is 195 Å². The number of carboxylic acid groups (broad SMARTS) is 1. The molecule has 4 N–H and O–H groups in total. The largest absolute Gasteiger partial charge is 0.524 e. The number of carbonyl (C=O) groups is 2. The minimum Gasteiger partial charge on any atom is -0.479 e. The minimum absolute atomic E-state index is 0.164. The number of phosphoric acid groups is 1. The summed E-state index contributed by atoms with van der Waals surface area (Å²) >= 11 is 0. The number of allylic oxidation sites excluding steroid dienone is 9. The highest BCUT2D eigenvalue weighted by molar-refractivity contribution is 7.46. The Bertz CT molecular complexity index is 977. The average molecular weight is 480 g/mol. The molecule has 0 aliphatic heterocycles. The summed E-state index contributed by atoms with van der Waals surface area (Å²) in [6.07, 6.45) is 14.3. The first-order chi connectivity index (χ1) is 15.1. The summed E-state index contributed by atoms with van der Waals surface area (Å²) in [5.74, 6) is -3.12. The molecule has 9 heteroatoms. The summed E-state index contributed by atoms with van der Waals surface area (Å²) < 4.78 is 15.0. The van der Waals surface area contributed by atoms with Crippen molar-refractivity contribution in [1.82, 2.24) is 5.32 Å². The van der Waals surface area contributed by atoms with Gasteiger partial charge in [-0.05, 0) is 56.6 Å². The van der Waals surface area contributed by atoms with Gasteiger partial charge in [-0.25, -0.2) is 9.36 Å². The first-order valence-electron chi connectivity index (χ1n) is 10.5. The van der Waals surface area contributed by atoms with Gasteiger partial charge in [-0.1, -0.05) is 62.0 Å². The van der Waals surface area contributed by atoms with E-state index in [2.05, 4.69) is 49.3 Å². The molecular formula is C24H34NO7P. The molecule has 0 bridgehead atoms. The molecular weight excluding hydrogens is 445 g/mol. The number of hydrogen-bond donors (Lipinski definition) is 4. The second-order valence-corrected chi connectivity index (χ2v) is 9.91. The van der Waals surface area contributed by atoms with Gasteiger partial charge in [0.15, 0.2) is 6.04 Å². The number of carbonyl (C=O) groups excluding carboxylic acids is 1. The van der Waals surface area contributed by atoms with Crippen LogP contribution in [0.1, 0.15) is 53.9 Å². The Balaban J connectivity index is 2.80. The number of nitrogens with one attached hydrogen (secondary N) is 1. The van der Waals surface area contributed by atoms with Crippen molar-refractivity contribution >= 4 is 19.7 Å². The molecule has 182 valence electrons. The number of carboxylic acids is 1. The molecule has 0 aromatic heterocycles. The molecule has 1 amide bonds. The smallest absolute Gasteiger partial charge is 0.479 e. The fourth-order valence-electron chi connectivity index (χ4n) is 3.56. The number of phosphoric ester groups is 1. The van der Waals surface area contributed by atoms with E-state index in [9.17, 15) is 14.2 Å². The monoisotopic (exact) mass is 479 g/mol. The van der Waals surface area contributed by atoms with E-state index >= 15 is 0 Å². The summed E-state index contributed by atoms with van der Waals surface area (Å²) in [7, 11) is -4.99. The fourth-order valence-corrected chi connectivity index (χ4v) is 3.97. The van der Waals surface area contributed by atoms with Gasteiger partial charge < -0.3 is 14.9 Å². The Morgan fingerprint density at radius 1 is 1.21 bits per heavy atom. The topological polar surface area (TPSA) is 133 Å². The molecule has 1 unspecified atom stereocenters. The standard InChI is InChI=1S/C24H34NO7P/c1-16(12-13-20-18(3)11-8-14-24(20,5)6)9-7-10-17(2)15-21(26)25-22(23(27)28)19(4)32-33(29,30)31/h7,9-10,12-13,15,22H,4,8,11,14H2,1-3,5-6H3,(H,25,26)(H,27,28)(H2,29,30,31)/b10-7+,13-12+,16-9+,17-15+. The lowest BCUT2D eigenvalue weighted by Gasteiger charge is -2.32. The molecule has 8 nitrogen and oxygen atoms in total. The maximum absolute atomic E-state index is 12.1. The molecule has 1 rings (SSSR count). The number of aliphatic carboxylic acids is 1. The van der Waals surface area contributed by atoms with Crippen molar-refractivity contribution in [3.8, 4) is 0 Å². The highest BCUT2D eigenvalue weighted by Gasteiger charge is 2.29. The first-order valence-corrected chi connectivity index (χ1v) is 12.0. The summed E-state index contributed by atoms with van der Waals surface area (Å²) in [6.45, 7) is 13.5. The van der Waals surface area contributed by atoms with Gasteiger partial charge in [-0.2, -0.15) is 0 Å². The second-order valence-electron chi connectivity index (χ2n) is 8.75. The molecule has 1 atom stereocenters. The molecule has 0 spiro atoms.